The Kier molecular flexibility index (Phi) is 5.74. The average molecular weight is 334 g/mol. The number of methoxy groups -OCH3 is 1. The maximum atomic E-state index is 12.4. The molecule has 5 heteroatoms. The summed E-state index contributed by atoms with van der Waals surface area (Å²) in [5.74, 6) is 1.23. The van der Waals surface area contributed by atoms with Crippen LogP contribution in [0.4, 0.5) is 0 Å². The maximum absolute atomic E-state index is 12.4. The second-order valence-electron chi connectivity index (χ2n) is 6.58. The third kappa shape index (κ3) is 3.73. The van der Waals surface area contributed by atoms with Gasteiger partial charge in [-0.25, -0.2) is 0 Å². The zero-order valence-corrected chi connectivity index (χ0v) is 14.3. The minimum absolute atomic E-state index is 0.179. The van der Waals surface area contributed by atoms with E-state index in [9.17, 15) is 4.79 Å². The third-order valence-corrected chi connectivity index (χ3v) is 5.16. The van der Waals surface area contributed by atoms with E-state index in [4.69, 9.17) is 18.9 Å². The summed E-state index contributed by atoms with van der Waals surface area (Å²) >= 11 is 0. The van der Waals surface area contributed by atoms with Crippen LogP contribution in [0.15, 0.2) is 24.3 Å². The molecule has 2 heterocycles. The molecule has 0 bridgehead atoms. The molecule has 0 saturated carbocycles. The van der Waals surface area contributed by atoms with E-state index in [1.807, 2.05) is 24.3 Å². The van der Waals surface area contributed by atoms with Gasteiger partial charge < -0.3 is 18.9 Å². The fourth-order valence-electron chi connectivity index (χ4n) is 3.52. The molecule has 0 spiro atoms. The number of carbonyl (C=O) groups excluding carboxylic acids is 1. The van der Waals surface area contributed by atoms with Crippen LogP contribution in [0.1, 0.15) is 31.2 Å². The summed E-state index contributed by atoms with van der Waals surface area (Å²) < 4.78 is 21.8. The van der Waals surface area contributed by atoms with Crippen molar-refractivity contribution in [3.8, 4) is 5.75 Å². The summed E-state index contributed by atoms with van der Waals surface area (Å²) in [6.07, 6.45) is 3.43. The molecule has 0 N–H and O–H groups in total. The molecule has 2 saturated heterocycles. The van der Waals surface area contributed by atoms with Crippen LogP contribution < -0.4 is 4.74 Å². The van der Waals surface area contributed by atoms with Gasteiger partial charge in [0.1, 0.15) is 5.75 Å². The highest BCUT2D eigenvalue weighted by molar-refractivity contribution is 5.83. The van der Waals surface area contributed by atoms with Gasteiger partial charge in [0.05, 0.1) is 19.1 Å². The van der Waals surface area contributed by atoms with Gasteiger partial charge in [-0.15, -0.1) is 0 Å². The quantitative estimate of drug-likeness (QED) is 0.775. The summed E-state index contributed by atoms with van der Waals surface area (Å²) in [7, 11) is 1.45. The van der Waals surface area contributed by atoms with E-state index >= 15 is 0 Å². The highest BCUT2D eigenvalue weighted by atomic mass is 16.5. The minimum atomic E-state index is -0.591. The van der Waals surface area contributed by atoms with Crippen LogP contribution >= 0.6 is 0 Å². The monoisotopic (exact) mass is 334 g/mol. The average Bonchev–Trinajstić information content (AvgIpc) is 2.67. The molecule has 3 rings (SSSR count). The number of rotatable bonds is 5. The number of hydrogen-bond donors (Lipinski definition) is 0. The Morgan fingerprint density at radius 3 is 2.33 bits per heavy atom. The van der Waals surface area contributed by atoms with Gasteiger partial charge in [-0.1, -0.05) is 12.1 Å². The Hall–Kier alpha value is -1.59. The lowest BCUT2D eigenvalue weighted by Gasteiger charge is -2.34. The van der Waals surface area contributed by atoms with Gasteiger partial charge in [-0.3, -0.25) is 4.79 Å². The van der Waals surface area contributed by atoms with Crippen molar-refractivity contribution in [1.82, 2.24) is 0 Å². The van der Waals surface area contributed by atoms with Crippen molar-refractivity contribution >= 4 is 5.97 Å². The van der Waals surface area contributed by atoms with Crippen molar-refractivity contribution in [2.45, 2.75) is 31.1 Å². The molecule has 0 aromatic heterocycles. The van der Waals surface area contributed by atoms with Crippen molar-refractivity contribution < 1.29 is 23.7 Å². The molecule has 0 atom stereocenters. The SMILES string of the molecule is COC(=O)C1(c2ccc(OCC3CCOCC3)cc2)CCOCC1. The van der Waals surface area contributed by atoms with E-state index in [-0.39, 0.29) is 5.97 Å². The Morgan fingerprint density at radius 1 is 1.08 bits per heavy atom. The largest absolute Gasteiger partial charge is 0.493 e. The van der Waals surface area contributed by atoms with Crippen LogP contribution in [0.3, 0.4) is 0 Å². The van der Waals surface area contributed by atoms with Crippen LogP contribution in [-0.2, 0) is 24.4 Å². The highest BCUT2D eigenvalue weighted by Gasteiger charge is 2.42. The molecule has 2 fully saturated rings. The highest BCUT2D eigenvalue weighted by Crippen LogP contribution is 2.36. The molecule has 1 aromatic carbocycles. The normalized spacial score (nSPS) is 21.2. The van der Waals surface area contributed by atoms with Gasteiger partial charge in [0.25, 0.3) is 0 Å². The lowest BCUT2D eigenvalue weighted by molar-refractivity contribution is -0.151. The van der Waals surface area contributed by atoms with Gasteiger partial charge in [-0.2, -0.15) is 0 Å². The number of benzene rings is 1. The van der Waals surface area contributed by atoms with Gasteiger partial charge in [0.15, 0.2) is 0 Å². The molecule has 0 amide bonds. The van der Waals surface area contributed by atoms with Gasteiger partial charge >= 0.3 is 5.97 Å². The lowest BCUT2D eigenvalue weighted by Crippen LogP contribution is -2.42. The minimum Gasteiger partial charge on any atom is -0.493 e. The van der Waals surface area contributed by atoms with Crippen molar-refractivity contribution in [2.24, 2.45) is 5.92 Å². The molecular formula is C19H26O5. The predicted octanol–water partition coefficient (Wildman–Crippen LogP) is 2.71. The second-order valence-corrected chi connectivity index (χ2v) is 6.58. The van der Waals surface area contributed by atoms with E-state index in [0.717, 1.165) is 44.0 Å². The Morgan fingerprint density at radius 2 is 1.71 bits per heavy atom. The first-order valence-electron chi connectivity index (χ1n) is 8.72. The van der Waals surface area contributed by atoms with E-state index in [1.165, 1.54) is 7.11 Å². The van der Waals surface area contributed by atoms with Crippen molar-refractivity contribution in [3.63, 3.8) is 0 Å². The third-order valence-electron chi connectivity index (χ3n) is 5.16. The molecule has 132 valence electrons. The van der Waals surface area contributed by atoms with Gasteiger partial charge in [0, 0.05) is 26.4 Å². The number of carbonyl (C=O) groups is 1. The fourth-order valence-corrected chi connectivity index (χ4v) is 3.52. The topological polar surface area (TPSA) is 54.0 Å². The van der Waals surface area contributed by atoms with Crippen LogP contribution in [0.25, 0.3) is 0 Å². The Bertz CT molecular complexity index is 527. The lowest BCUT2D eigenvalue weighted by atomic mass is 9.74. The molecular weight excluding hydrogens is 308 g/mol. The first-order valence-corrected chi connectivity index (χ1v) is 8.72. The number of ether oxygens (including phenoxy) is 4. The number of esters is 1. The summed E-state index contributed by atoms with van der Waals surface area (Å²) in [5.41, 5.74) is 0.391. The van der Waals surface area contributed by atoms with Crippen molar-refractivity contribution in [3.05, 3.63) is 29.8 Å². The summed E-state index contributed by atoms with van der Waals surface area (Å²) in [5, 5.41) is 0. The molecule has 0 aliphatic carbocycles. The fraction of sp³-hybridized carbons (Fsp3) is 0.632. The zero-order chi connectivity index (χ0) is 16.8. The molecule has 2 aliphatic heterocycles. The first kappa shape index (κ1) is 17.2. The van der Waals surface area contributed by atoms with E-state index < -0.39 is 5.41 Å². The van der Waals surface area contributed by atoms with E-state index in [0.29, 0.717) is 32.0 Å². The molecule has 5 nitrogen and oxygen atoms in total. The molecule has 0 radical (unpaired) electrons. The van der Waals surface area contributed by atoms with E-state index in [2.05, 4.69) is 0 Å². The standard InChI is InChI=1S/C19H26O5/c1-21-18(20)19(8-12-23-13-9-19)16-2-4-17(5-3-16)24-14-15-6-10-22-11-7-15/h2-5,15H,6-14H2,1H3. The smallest absolute Gasteiger partial charge is 0.316 e. The predicted molar refractivity (Wildman–Crippen MR) is 89.2 cm³/mol. The zero-order valence-electron chi connectivity index (χ0n) is 14.3. The molecule has 2 aliphatic rings. The van der Waals surface area contributed by atoms with Crippen molar-refractivity contribution in [1.29, 1.82) is 0 Å². The number of hydrogen-bond acceptors (Lipinski definition) is 5. The summed E-state index contributed by atoms with van der Waals surface area (Å²) in [6, 6.07) is 7.88. The van der Waals surface area contributed by atoms with Crippen LogP contribution in [0, 0.1) is 5.92 Å². The molecule has 1 aromatic rings. The molecule has 0 unspecified atom stereocenters. The van der Waals surface area contributed by atoms with E-state index in [1.54, 1.807) is 0 Å². The molecule has 24 heavy (non-hydrogen) atoms. The Labute approximate surface area is 143 Å². The second kappa shape index (κ2) is 7.99. The van der Waals surface area contributed by atoms with Crippen LogP contribution in [-0.4, -0.2) is 46.1 Å². The first-order chi connectivity index (χ1) is 11.7. The van der Waals surface area contributed by atoms with Gasteiger partial charge in [-0.05, 0) is 49.3 Å². The van der Waals surface area contributed by atoms with Gasteiger partial charge in [0.2, 0.25) is 0 Å². The summed E-state index contributed by atoms with van der Waals surface area (Å²) in [6.45, 7) is 3.54. The summed E-state index contributed by atoms with van der Waals surface area (Å²) in [4.78, 5) is 12.4. The van der Waals surface area contributed by atoms with Crippen LogP contribution in [0.5, 0.6) is 5.75 Å². The van der Waals surface area contributed by atoms with Crippen LogP contribution in [0.2, 0.25) is 0 Å². The van der Waals surface area contributed by atoms with Crippen molar-refractivity contribution in [2.75, 3.05) is 40.1 Å². The maximum Gasteiger partial charge on any atom is 0.316 e. The Balaban J connectivity index is 1.66.